The summed E-state index contributed by atoms with van der Waals surface area (Å²) in [5.41, 5.74) is 2.98. The molecule has 3 aliphatic heterocycles. The Balaban J connectivity index is 1.60. The van der Waals surface area contributed by atoms with Crippen molar-refractivity contribution in [3.05, 3.63) is 88.4 Å². The molecule has 5 rings (SSSR count). The minimum absolute atomic E-state index is 0.0290. The molecular formula is C27H28BrNO4. The van der Waals surface area contributed by atoms with Crippen molar-refractivity contribution in [1.82, 2.24) is 4.90 Å². The average molecular weight is 510 g/mol. The number of likely N-dealkylation sites (tertiary alicyclic amines) is 1. The van der Waals surface area contributed by atoms with Gasteiger partial charge in [-0.1, -0.05) is 83.2 Å². The van der Waals surface area contributed by atoms with Crippen LogP contribution in [0.2, 0.25) is 0 Å². The maximum atomic E-state index is 14.0. The summed E-state index contributed by atoms with van der Waals surface area (Å²) < 4.78 is 19.6. The van der Waals surface area contributed by atoms with E-state index in [1.165, 1.54) is 0 Å². The lowest BCUT2D eigenvalue weighted by Crippen LogP contribution is -2.77. The van der Waals surface area contributed by atoms with Crippen LogP contribution in [0.4, 0.5) is 0 Å². The molecule has 0 radical (unpaired) electrons. The zero-order valence-electron chi connectivity index (χ0n) is 18.9. The van der Waals surface area contributed by atoms with Crippen molar-refractivity contribution < 1.29 is 19.0 Å². The minimum Gasteiger partial charge on any atom is -0.354 e. The number of benzene rings is 2. The third kappa shape index (κ3) is 3.89. The first kappa shape index (κ1) is 22.5. The number of nitrogens with zero attached hydrogens (tertiary/aromatic N) is 1. The Morgan fingerprint density at radius 2 is 1.76 bits per heavy atom. The van der Waals surface area contributed by atoms with E-state index in [2.05, 4.69) is 22.5 Å². The van der Waals surface area contributed by atoms with Crippen LogP contribution in [0.5, 0.6) is 0 Å². The van der Waals surface area contributed by atoms with Gasteiger partial charge in [-0.3, -0.25) is 4.79 Å². The van der Waals surface area contributed by atoms with E-state index in [-0.39, 0.29) is 18.1 Å². The molecule has 0 aromatic heterocycles. The lowest BCUT2D eigenvalue weighted by molar-refractivity contribution is -0.209. The van der Waals surface area contributed by atoms with Gasteiger partial charge in [0.2, 0.25) is 0 Å². The Morgan fingerprint density at radius 1 is 1.09 bits per heavy atom. The SMILES string of the molecule is C=C(Br)CC1=C(c2ccccc2)[C@]2(OC1)C(=O)N(Cc1ccccc1)[C@H]2[C@H]1COC(C)(C)O1. The normalized spacial score (nSPS) is 28.5. The molecule has 0 saturated carbocycles. The molecule has 33 heavy (non-hydrogen) atoms. The highest BCUT2D eigenvalue weighted by Gasteiger charge is 2.70. The van der Waals surface area contributed by atoms with Crippen LogP contribution in [0.15, 0.2) is 77.3 Å². The van der Waals surface area contributed by atoms with Crippen LogP contribution < -0.4 is 0 Å². The maximum Gasteiger partial charge on any atom is 0.262 e. The molecule has 2 saturated heterocycles. The standard InChI is InChI=1S/C27H28BrNO4/c1-18(28)14-21-16-32-27(23(21)20-12-8-5-9-13-20)24(22-17-31-26(2,3)33-22)29(25(27)30)15-19-10-6-4-7-11-19/h4-13,22,24H,1,14-17H2,2-3H3/t22-,24+,27-/m1/s1. The van der Waals surface area contributed by atoms with Crippen molar-refractivity contribution in [2.75, 3.05) is 13.2 Å². The summed E-state index contributed by atoms with van der Waals surface area (Å²) in [6.07, 6.45) is 0.324. The van der Waals surface area contributed by atoms with Crippen LogP contribution in [0.25, 0.3) is 5.57 Å². The van der Waals surface area contributed by atoms with Crippen molar-refractivity contribution in [1.29, 1.82) is 0 Å². The van der Waals surface area contributed by atoms with Gasteiger partial charge < -0.3 is 19.1 Å². The summed E-state index contributed by atoms with van der Waals surface area (Å²) in [4.78, 5) is 15.9. The molecule has 2 aromatic carbocycles. The van der Waals surface area contributed by atoms with Crippen molar-refractivity contribution in [2.45, 2.75) is 50.3 Å². The molecule has 0 N–H and O–H groups in total. The van der Waals surface area contributed by atoms with Crippen LogP contribution >= 0.6 is 15.9 Å². The van der Waals surface area contributed by atoms with Gasteiger partial charge >= 0.3 is 0 Å². The largest absolute Gasteiger partial charge is 0.354 e. The van der Waals surface area contributed by atoms with E-state index in [0.29, 0.717) is 26.2 Å². The van der Waals surface area contributed by atoms with Crippen molar-refractivity contribution in [2.24, 2.45) is 0 Å². The van der Waals surface area contributed by atoms with E-state index in [4.69, 9.17) is 14.2 Å². The highest BCUT2D eigenvalue weighted by molar-refractivity contribution is 9.11. The molecule has 2 aromatic rings. The fraction of sp³-hybridized carbons (Fsp3) is 0.370. The number of rotatable bonds is 6. The van der Waals surface area contributed by atoms with E-state index in [9.17, 15) is 4.79 Å². The van der Waals surface area contributed by atoms with Gasteiger partial charge in [-0.25, -0.2) is 0 Å². The number of hydrogen-bond donors (Lipinski definition) is 0. The van der Waals surface area contributed by atoms with Gasteiger partial charge in [0.25, 0.3) is 5.91 Å². The van der Waals surface area contributed by atoms with Crippen LogP contribution in [0, 0.1) is 0 Å². The van der Waals surface area contributed by atoms with Gasteiger partial charge in [0.15, 0.2) is 11.4 Å². The first-order valence-electron chi connectivity index (χ1n) is 11.2. The quantitative estimate of drug-likeness (QED) is 0.510. The molecule has 1 spiro atoms. The number of carbonyl (C=O) groups is 1. The molecule has 3 heterocycles. The van der Waals surface area contributed by atoms with Gasteiger partial charge in [0.1, 0.15) is 12.1 Å². The summed E-state index contributed by atoms with van der Waals surface area (Å²) in [6.45, 7) is 9.13. The molecule has 0 unspecified atom stereocenters. The predicted molar refractivity (Wildman–Crippen MR) is 130 cm³/mol. The van der Waals surface area contributed by atoms with E-state index < -0.39 is 11.4 Å². The molecule has 0 aliphatic carbocycles. The number of amides is 1. The number of allylic oxidation sites excluding steroid dienone is 1. The van der Waals surface area contributed by atoms with Crippen molar-refractivity contribution >= 4 is 27.4 Å². The second-order valence-electron chi connectivity index (χ2n) is 9.29. The predicted octanol–water partition coefficient (Wildman–Crippen LogP) is 5.07. The van der Waals surface area contributed by atoms with Crippen molar-refractivity contribution in [3.63, 3.8) is 0 Å². The molecule has 0 bridgehead atoms. The fourth-order valence-electron chi connectivity index (χ4n) is 5.31. The Morgan fingerprint density at radius 3 is 2.36 bits per heavy atom. The first-order valence-corrected chi connectivity index (χ1v) is 12.0. The lowest BCUT2D eigenvalue weighted by atomic mass is 9.70. The van der Waals surface area contributed by atoms with Crippen LogP contribution in [0.1, 0.15) is 31.4 Å². The summed E-state index contributed by atoms with van der Waals surface area (Å²) in [6, 6.07) is 19.8. The van der Waals surface area contributed by atoms with Crippen LogP contribution in [-0.4, -0.2) is 47.6 Å². The molecule has 2 fully saturated rings. The second kappa shape index (κ2) is 8.51. The molecule has 5 nitrogen and oxygen atoms in total. The molecule has 3 atom stereocenters. The average Bonchev–Trinajstić information content (AvgIpc) is 3.35. The zero-order valence-corrected chi connectivity index (χ0v) is 20.5. The summed E-state index contributed by atoms with van der Waals surface area (Å²) in [7, 11) is 0. The fourth-order valence-corrected chi connectivity index (χ4v) is 5.65. The smallest absolute Gasteiger partial charge is 0.262 e. The highest BCUT2D eigenvalue weighted by atomic mass is 79.9. The summed E-state index contributed by atoms with van der Waals surface area (Å²) in [5.74, 6) is -0.732. The van der Waals surface area contributed by atoms with Gasteiger partial charge in [-0.05, 0) is 35.0 Å². The van der Waals surface area contributed by atoms with Gasteiger partial charge in [-0.2, -0.15) is 0 Å². The van der Waals surface area contributed by atoms with E-state index in [0.717, 1.165) is 26.8 Å². The van der Waals surface area contributed by atoms with Gasteiger partial charge in [0, 0.05) is 18.5 Å². The van der Waals surface area contributed by atoms with Gasteiger partial charge in [0.05, 0.1) is 13.2 Å². The first-order chi connectivity index (χ1) is 15.8. The van der Waals surface area contributed by atoms with Crippen LogP contribution in [0.3, 0.4) is 0 Å². The number of carbonyl (C=O) groups excluding carboxylic acids is 1. The highest BCUT2D eigenvalue weighted by Crippen LogP contribution is 2.54. The molecule has 6 heteroatoms. The number of β-lactam (4-membered cyclic amide) rings is 1. The Bertz CT molecular complexity index is 1100. The topological polar surface area (TPSA) is 48.0 Å². The molecule has 172 valence electrons. The maximum absolute atomic E-state index is 14.0. The second-order valence-corrected chi connectivity index (χ2v) is 10.4. The number of halogens is 1. The van der Waals surface area contributed by atoms with Gasteiger partial charge in [-0.15, -0.1) is 0 Å². The Hall–Kier alpha value is -2.25. The Kier molecular flexibility index (Phi) is 5.81. The summed E-state index contributed by atoms with van der Waals surface area (Å²) >= 11 is 3.51. The Labute approximate surface area is 203 Å². The molecule has 1 amide bonds. The van der Waals surface area contributed by atoms with Crippen LogP contribution in [-0.2, 0) is 25.5 Å². The monoisotopic (exact) mass is 509 g/mol. The number of hydrogen-bond acceptors (Lipinski definition) is 4. The lowest BCUT2D eigenvalue weighted by Gasteiger charge is -2.56. The number of ether oxygens (including phenoxy) is 3. The molecular weight excluding hydrogens is 482 g/mol. The van der Waals surface area contributed by atoms with E-state index in [1.54, 1.807) is 0 Å². The van der Waals surface area contributed by atoms with E-state index in [1.807, 2.05) is 79.4 Å². The minimum atomic E-state index is -1.09. The third-order valence-corrected chi connectivity index (χ3v) is 6.86. The third-order valence-electron chi connectivity index (χ3n) is 6.58. The zero-order chi connectivity index (χ0) is 23.2. The molecule has 3 aliphatic rings. The summed E-state index contributed by atoms with van der Waals surface area (Å²) in [5, 5.41) is 0. The van der Waals surface area contributed by atoms with Crippen molar-refractivity contribution in [3.8, 4) is 0 Å². The van der Waals surface area contributed by atoms with E-state index >= 15 is 0 Å².